The summed E-state index contributed by atoms with van der Waals surface area (Å²) in [5, 5.41) is 18.0. The van der Waals surface area contributed by atoms with E-state index in [1.807, 2.05) is 30.3 Å². The molecule has 1 aromatic carbocycles. The molecule has 8 heteroatoms. The molecule has 0 fully saturated rings. The maximum Gasteiger partial charge on any atom is 0.313 e. The van der Waals surface area contributed by atoms with Gasteiger partial charge in [-0.3, -0.25) is 9.78 Å². The maximum absolute atomic E-state index is 10.6. The number of nitrogen functional groups attached to an aromatic ring is 1. The predicted octanol–water partition coefficient (Wildman–Crippen LogP) is 1.38. The molecule has 0 saturated carbocycles. The molecule has 7 nitrogen and oxygen atoms in total. The van der Waals surface area contributed by atoms with Crippen LogP contribution in [0.15, 0.2) is 41.7 Å². The summed E-state index contributed by atoms with van der Waals surface area (Å²) in [6.07, 6.45) is 1.72. The molecule has 0 radical (unpaired) electrons. The van der Waals surface area contributed by atoms with Gasteiger partial charge in [0.15, 0.2) is 5.82 Å². The lowest BCUT2D eigenvalue weighted by molar-refractivity contribution is -0.133. The van der Waals surface area contributed by atoms with Gasteiger partial charge in [0.1, 0.15) is 0 Å². The smallest absolute Gasteiger partial charge is 0.313 e. The maximum atomic E-state index is 10.6. The highest BCUT2D eigenvalue weighted by atomic mass is 32.2. The van der Waals surface area contributed by atoms with Gasteiger partial charge in [0.25, 0.3) is 0 Å². The molecule has 0 aliphatic rings. The summed E-state index contributed by atoms with van der Waals surface area (Å²) in [5.41, 5.74) is 1.63. The summed E-state index contributed by atoms with van der Waals surface area (Å²) in [6.45, 7) is 0. The van der Waals surface area contributed by atoms with Crippen LogP contribution < -0.4 is 5.84 Å². The van der Waals surface area contributed by atoms with E-state index in [9.17, 15) is 4.79 Å². The first-order chi connectivity index (χ1) is 10.2. The quantitative estimate of drug-likeness (QED) is 0.553. The lowest BCUT2D eigenvalue weighted by Gasteiger charge is -2.05. The van der Waals surface area contributed by atoms with Gasteiger partial charge in [-0.15, -0.1) is 10.2 Å². The first-order valence-corrected chi connectivity index (χ1v) is 7.04. The van der Waals surface area contributed by atoms with E-state index in [0.717, 1.165) is 28.2 Å². The van der Waals surface area contributed by atoms with Gasteiger partial charge in [0.2, 0.25) is 5.16 Å². The summed E-state index contributed by atoms with van der Waals surface area (Å²) in [6, 6.07) is 9.40. The van der Waals surface area contributed by atoms with Crippen LogP contribution in [0.3, 0.4) is 0 Å². The minimum atomic E-state index is -0.932. The van der Waals surface area contributed by atoms with Crippen LogP contribution in [0.5, 0.6) is 0 Å². The number of aromatic nitrogens is 4. The Balaban J connectivity index is 2.05. The van der Waals surface area contributed by atoms with Crippen LogP contribution >= 0.6 is 11.8 Å². The van der Waals surface area contributed by atoms with Crippen molar-refractivity contribution in [2.45, 2.75) is 5.16 Å². The molecule has 0 saturated heterocycles. The van der Waals surface area contributed by atoms with Crippen molar-refractivity contribution in [2.24, 2.45) is 0 Å². The number of fused-ring (bicyclic) bond motifs is 1. The fraction of sp³-hybridized carbons (Fsp3) is 0.0769. The van der Waals surface area contributed by atoms with Crippen LogP contribution in [0.1, 0.15) is 0 Å². The summed E-state index contributed by atoms with van der Waals surface area (Å²) in [5.74, 6) is 5.39. The second kappa shape index (κ2) is 5.41. The zero-order chi connectivity index (χ0) is 14.8. The fourth-order valence-corrected chi connectivity index (χ4v) is 2.56. The summed E-state index contributed by atoms with van der Waals surface area (Å²) in [7, 11) is 0. The average molecular weight is 301 g/mol. The third kappa shape index (κ3) is 2.52. The van der Waals surface area contributed by atoms with E-state index in [4.69, 9.17) is 10.9 Å². The van der Waals surface area contributed by atoms with Gasteiger partial charge in [-0.1, -0.05) is 30.0 Å². The van der Waals surface area contributed by atoms with Crippen LogP contribution in [-0.4, -0.2) is 36.7 Å². The lowest BCUT2D eigenvalue weighted by Crippen LogP contribution is -2.12. The Morgan fingerprint density at radius 1 is 1.29 bits per heavy atom. The van der Waals surface area contributed by atoms with Gasteiger partial charge in [0, 0.05) is 17.1 Å². The minimum absolute atomic E-state index is 0.119. The van der Waals surface area contributed by atoms with E-state index in [1.54, 1.807) is 6.20 Å². The molecule has 21 heavy (non-hydrogen) atoms. The van der Waals surface area contributed by atoms with Crippen molar-refractivity contribution < 1.29 is 9.90 Å². The number of carbonyl (C=O) groups is 1. The number of rotatable bonds is 4. The molecule has 0 amide bonds. The molecule has 3 rings (SSSR count). The minimum Gasteiger partial charge on any atom is -0.481 e. The number of carboxylic acids is 1. The molecule has 3 N–H and O–H groups in total. The Labute approximate surface area is 123 Å². The van der Waals surface area contributed by atoms with Gasteiger partial charge in [0.05, 0.1) is 11.3 Å². The van der Waals surface area contributed by atoms with Crippen molar-refractivity contribution in [1.82, 2.24) is 19.9 Å². The van der Waals surface area contributed by atoms with Crippen LogP contribution in [0, 0.1) is 0 Å². The SMILES string of the molecule is Nn1c(SCC(=O)O)nnc1-c1cccc2ncccc12. The molecule has 0 spiro atoms. The molecule has 0 aliphatic heterocycles. The zero-order valence-electron chi connectivity index (χ0n) is 10.8. The van der Waals surface area contributed by atoms with Gasteiger partial charge in [-0.25, -0.2) is 4.68 Å². The predicted molar refractivity (Wildman–Crippen MR) is 79.3 cm³/mol. The van der Waals surface area contributed by atoms with E-state index < -0.39 is 5.97 Å². The lowest BCUT2D eigenvalue weighted by atomic mass is 10.1. The molecule has 2 aromatic heterocycles. The second-order valence-electron chi connectivity index (χ2n) is 4.23. The van der Waals surface area contributed by atoms with Gasteiger partial charge in [-0.05, 0) is 12.1 Å². The summed E-state index contributed by atoms with van der Waals surface area (Å²) < 4.78 is 1.30. The van der Waals surface area contributed by atoms with Crippen molar-refractivity contribution in [3.05, 3.63) is 36.5 Å². The number of carboxylic acid groups (broad SMARTS) is 1. The number of pyridine rings is 1. The number of aliphatic carboxylic acids is 1. The van der Waals surface area contributed by atoms with Crippen molar-refractivity contribution in [2.75, 3.05) is 11.6 Å². The Kier molecular flexibility index (Phi) is 3.44. The molecular weight excluding hydrogens is 290 g/mol. The third-order valence-corrected chi connectivity index (χ3v) is 3.80. The molecule has 2 heterocycles. The highest BCUT2D eigenvalue weighted by molar-refractivity contribution is 7.99. The highest BCUT2D eigenvalue weighted by Crippen LogP contribution is 2.27. The number of thioether (sulfide) groups is 1. The van der Waals surface area contributed by atoms with E-state index in [0.29, 0.717) is 11.0 Å². The number of nitrogens with two attached hydrogens (primary N) is 1. The van der Waals surface area contributed by atoms with Crippen LogP contribution in [0.2, 0.25) is 0 Å². The van der Waals surface area contributed by atoms with E-state index in [-0.39, 0.29) is 5.75 Å². The van der Waals surface area contributed by atoms with E-state index in [1.165, 1.54) is 4.68 Å². The topological polar surface area (TPSA) is 107 Å². The van der Waals surface area contributed by atoms with Gasteiger partial charge >= 0.3 is 5.97 Å². The monoisotopic (exact) mass is 301 g/mol. The fourth-order valence-electron chi connectivity index (χ4n) is 1.98. The molecular formula is C13H11N5O2S. The molecule has 106 valence electrons. The zero-order valence-corrected chi connectivity index (χ0v) is 11.6. The van der Waals surface area contributed by atoms with Gasteiger partial charge in [-0.2, -0.15) is 0 Å². The van der Waals surface area contributed by atoms with Crippen molar-refractivity contribution >= 4 is 28.6 Å². The Bertz CT molecular complexity index is 812. The largest absolute Gasteiger partial charge is 0.481 e. The molecule has 0 aliphatic carbocycles. The van der Waals surface area contributed by atoms with Crippen molar-refractivity contribution in [3.63, 3.8) is 0 Å². The highest BCUT2D eigenvalue weighted by Gasteiger charge is 2.15. The normalized spacial score (nSPS) is 10.9. The standard InChI is InChI=1S/C13H11N5O2S/c14-18-12(16-17-13(18)21-7-11(19)20)9-3-1-5-10-8(9)4-2-6-15-10/h1-6H,7,14H2,(H,19,20). The first-order valence-electron chi connectivity index (χ1n) is 6.06. The molecule has 0 unspecified atom stereocenters. The van der Waals surface area contributed by atoms with E-state index in [2.05, 4.69) is 15.2 Å². The Hall–Kier alpha value is -2.61. The van der Waals surface area contributed by atoms with Crippen LogP contribution in [0.25, 0.3) is 22.3 Å². The summed E-state index contributed by atoms with van der Waals surface area (Å²) in [4.78, 5) is 14.9. The number of benzene rings is 1. The molecule has 0 atom stereocenters. The Morgan fingerprint density at radius 3 is 2.95 bits per heavy atom. The number of hydrogen-bond donors (Lipinski definition) is 2. The van der Waals surface area contributed by atoms with E-state index >= 15 is 0 Å². The number of hydrogen-bond acceptors (Lipinski definition) is 6. The third-order valence-electron chi connectivity index (χ3n) is 2.88. The summed E-state index contributed by atoms with van der Waals surface area (Å²) >= 11 is 1.03. The van der Waals surface area contributed by atoms with Gasteiger partial charge < -0.3 is 10.9 Å². The van der Waals surface area contributed by atoms with Crippen LogP contribution in [0.4, 0.5) is 0 Å². The van der Waals surface area contributed by atoms with Crippen LogP contribution in [-0.2, 0) is 4.79 Å². The first kappa shape index (κ1) is 13.4. The Morgan fingerprint density at radius 2 is 2.14 bits per heavy atom. The second-order valence-corrected chi connectivity index (χ2v) is 5.18. The number of nitrogens with zero attached hydrogens (tertiary/aromatic N) is 4. The van der Waals surface area contributed by atoms with Crippen molar-refractivity contribution in [3.8, 4) is 11.4 Å². The average Bonchev–Trinajstić information content (AvgIpc) is 2.85. The molecule has 0 bridgehead atoms. The van der Waals surface area contributed by atoms with Crippen molar-refractivity contribution in [1.29, 1.82) is 0 Å². The molecule has 3 aromatic rings.